The number of aromatic nitrogens is 1. The molecule has 1 aromatic rings. The molecule has 0 aliphatic heterocycles. The Labute approximate surface area is 64.9 Å². The lowest BCUT2D eigenvalue weighted by molar-refractivity contribution is -0.592. The van der Waals surface area contributed by atoms with Gasteiger partial charge in [0.25, 0.3) is 0 Å². The SMILES string of the molecule is CN(C)c1c(O)ccc[n+]1[O-]. The van der Waals surface area contributed by atoms with Crippen LogP contribution in [0.2, 0.25) is 0 Å². The van der Waals surface area contributed by atoms with Crippen LogP contribution in [-0.4, -0.2) is 19.2 Å². The van der Waals surface area contributed by atoms with E-state index in [2.05, 4.69) is 0 Å². The molecule has 0 aliphatic rings. The molecular weight excluding hydrogens is 144 g/mol. The lowest BCUT2D eigenvalue weighted by atomic mass is 10.4. The molecule has 0 radical (unpaired) electrons. The molecule has 4 heteroatoms. The van der Waals surface area contributed by atoms with E-state index in [1.807, 2.05) is 0 Å². The van der Waals surface area contributed by atoms with Gasteiger partial charge in [-0.15, -0.1) is 0 Å². The Morgan fingerprint density at radius 3 is 2.55 bits per heavy atom. The maximum absolute atomic E-state index is 11.0. The number of pyridine rings is 1. The Kier molecular flexibility index (Phi) is 1.85. The third kappa shape index (κ3) is 1.34. The summed E-state index contributed by atoms with van der Waals surface area (Å²) in [6.45, 7) is 0. The van der Waals surface area contributed by atoms with E-state index >= 15 is 0 Å². The van der Waals surface area contributed by atoms with Crippen LogP contribution < -0.4 is 9.63 Å². The van der Waals surface area contributed by atoms with Gasteiger partial charge in [0.05, 0.1) is 20.3 Å². The lowest BCUT2D eigenvalue weighted by Gasteiger charge is -2.12. The highest BCUT2D eigenvalue weighted by molar-refractivity contribution is 5.45. The summed E-state index contributed by atoms with van der Waals surface area (Å²) in [6, 6.07) is 2.97. The van der Waals surface area contributed by atoms with Gasteiger partial charge in [0.15, 0.2) is 0 Å². The van der Waals surface area contributed by atoms with Gasteiger partial charge in [0.2, 0.25) is 5.75 Å². The number of hydrogen-bond acceptors (Lipinski definition) is 3. The number of hydrogen-bond donors (Lipinski definition) is 1. The van der Waals surface area contributed by atoms with Gasteiger partial charge in [-0.3, -0.25) is 4.90 Å². The van der Waals surface area contributed by atoms with Gasteiger partial charge >= 0.3 is 5.82 Å². The number of nitrogens with zero attached hydrogens (tertiary/aromatic N) is 2. The molecule has 4 nitrogen and oxygen atoms in total. The molecule has 0 fully saturated rings. The van der Waals surface area contributed by atoms with Crippen molar-refractivity contribution in [2.75, 3.05) is 19.0 Å². The average Bonchev–Trinajstić information content (AvgIpc) is 1.85. The van der Waals surface area contributed by atoms with E-state index in [0.717, 1.165) is 0 Å². The molecule has 0 bridgehead atoms. The van der Waals surface area contributed by atoms with Crippen molar-refractivity contribution < 1.29 is 9.84 Å². The van der Waals surface area contributed by atoms with E-state index in [-0.39, 0.29) is 11.6 Å². The Hall–Kier alpha value is -1.45. The van der Waals surface area contributed by atoms with E-state index in [4.69, 9.17) is 0 Å². The Balaban J connectivity index is 3.21. The number of aromatic hydroxyl groups is 1. The van der Waals surface area contributed by atoms with Crippen LogP contribution in [0.5, 0.6) is 5.75 Å². The van der Waals surface area contributed by atoms with E-state index in [0.29, 0.717) is 4.73 Å². The Bertz CT molecular complexity index is 240. The predicted octanol–water partition coefficient (Wildman–Crippen LogP) is 0.0916. The van der Waals surface area contributed by atoms with Crippen molar-refractivity contribution in [3.63, 3.8) is 0 Å². The van der Waals surface area contributed by atoms with Gasteiger partial charge in [0.1, 0.15) is 0 Å². The molecule has 0 aromatic carbocycles. The Morgan fingerprint density at radius 2 is 2.18 bits per heavy atom. The van der Waals surface area contributed by atoms with Gasteiger partial charge in [-0.1, -0.05) is 0 Å². The fraction of sp³-hybridized carbons (Fsp3) is 0.286. The first-order valence-electron chi connectivity index (χ1n) is 3.21. The highest BCUT2D eigenvalue weighted by Crippen LogP contribution is 2.18. The fourth-order valence-electron chi connectivity index (χ4n) is 0.897. The predicted molar refractivity (Wildman–Crippen MR) is 41.4 cm³/mol. The molecule has 1 aromatic heterocycles. The van der Waals surface area contributed by atoms with Crippen LogP contribution in [0.3, 0.4) is 0 Å². The highest BCUT2D eigenvalue weighted by Gasteiger charge is 2.11. The summed E-state index contributed by atoms with van der Waals surface area (Å²) in [5.74, 6) is 0.250. The molecular formula is C7H10N2O2. The molecule has 11 heavy (non-hydrogen) atoms. The highest BCUT2D eigenvalue weighted by atomic mass is 16.5. The topological polar surface area (TPSA) is 50.4 Å². The monoisotopic (exact) mass is 154 g/mol. The van der Waals surface area contributed by atoms with Crippen molar-refractivity contribution in [3.05, 3.63) is 23.5 Å². The zero-order valence-electron chi connectivity index (χ0n) is 6.48. The maximum Gasteiger partial charge on any atom is 0.322 e. The fourth-order valence-corrected chi connectivity index (χ4v) is 0.897. The summed E-state index contributed by atoms with van der Waals surface area (Å²) >= 11 is 0. The number of anilines is 1. The van der Waals surface area contributed by atoms with Crippen LogP contribution in [0.25, 0.3) is 0 Å². The minimum atomic E-state index is -0.00694. The first kappa shape index (κ1) is 7.65. The second kappa shape index (κ2) is 2.65. The lowest BCUT2D eigenvalue weighted by Crippen LogP contribution is -2.33. The first-order valence-corrected chi connectivity index (χ1v) is 3.21. The standard InChI is InChI=1S/C7H10N2O2/c1-8(2)7-6(10)4-3-5-9(7)11/h3-5,10H,1-2H3. The van der Waals surface area contributed by atoms with Crippen molar-refractivity contribution >= 4 is 5.82 Å². The van der Waals surface area contributed by atoms with Crippen LogP contribution in [-0.2, 0) is 0 Å². The van der Waals surface area contributed by atoms with Crippen molar-refractivity contribution in [1.82, 2.24) is 0 Å². The summed E-state index contributed by atoms with van der Waals surface area (Å²) in [5, 5.41) is 20.2. The van der Waals surface area contributed by atoms with Gasteiger partial charge < -0.3 is 10.3 Å². The van der Waals surface area contributed by atoms with Crippen LogP contribution in [0.15, 0.2) is 18.3 Å². The van der Waals surface area contributed by atoms with Gasteiger partial charge in [0, 0.05) is 0 Å². The molecule has 0 amide bonds. The quantitative estimate of drug-likeness (QED) is 0.460. The van der Waals surface area contributed by atoms with Crippen molar-refractivity contribution in [2.45, 2.75) is 0 Å². The summed E-state index contributed by atoms with van der Waals surface area (Å²) in [4.78, 5) is 1.56. The molecule has 1 heterocycles. The van der Waals surface area contributed by atoms with Crippen molar-refractivity contribution in [3.8, 4) is 5.75 Å². The van der Waals surface area contributed by atoms with E-state index < -0.39 is 0 Å². The maximum atomic E-state index is 11.0. The molecule has 60 valence electrons. The number of rotatable bonds is 1. The second-order valence-corrected chi connectivity index (χ2v) is 2.44. The minimum Gasteiger partial charge on any atom is -0.711 e. The summed E-state index contributed by atoms with van der Waals surface area (Å²) in [7, 11) is 3.40. The van der Waals surface area contributed by atoms with Crippen molar-refractivity contribution in [1.29, 1.82) is 0 Å². The van der Waals surface area contributed by atoms with Crippen LogP contribution in [0, 0.1) is 5.21 Å². The van der Waals surface area contributed by atoms with E-state index in [1.165, 1.54) is 18.3 Å². The second-order valence-electron chi connectivity index (χ2n) is 2.44. The van der Waals surface area contributed by atoms with Crippen LogP contribution in [0.1, 0.15) is 0 Å². The third-order valence-corrected chi connectivity index (χ3v) is 1.34. The molecule has 0 aliphatic carbocycles. The molecule has 0 atom stereocenters. The van der Waals surface area contributed by atoms with Gasteiger partial charge in [-0.2, -0.15) is 0 Å². The van der Waals surface area contributed by atoms with Crippen molar-refractivity contribution in [2.24, 2.45) is 0 Å². The van der Waals surface area contributed by atoms with Crippen LogP contribution in [0.4, 0.5) is 5.82 Å². The Morgan fingerprint density at radius 1 is 1.55 bits per heavy atom. The minimum absolute atomic E-state index is 0.00694. The van der Waals surface area contributed by atoms with Gasteiger partial charge in [-0.05, 0) is 12.1 Å². The van der Waals surface area contributed by atoms with Gasteiger partial charge in [-0.25, -0.2) is 4.73 Å². The first-order chi connectivity index (χ1) is 5.13. The summed E-state index contributed by atoms with van der Waals surface area (Å²) in [6.07, 6.45) is 1.34. The molecule has 0 unspecified atom stereocenters. The van der Waals surface area contributed by atoms with E-state index in [1.54, 1.807) is 19.0 Å². The summed E-state index contributed by atoms with van der Waals surface area (Å²) < 4.78 is 0.620. The largest absolute Gasteiger partial charge is 0.711 e. The van der Waals surface area contributed by atoms with E-state index in [9.17, 15) is 10.3 Å². The molecule has 0 spiro atoms. The third-order valence-electron chi connectivity index (χ3n) is 1.34. The molecule has 0 saturated carbocycles. The molecule has 1 N–H and O–H groups in total. The zero-order valence-corrected chi connectivity index (χ0v) is 6.48. The summed E-state index contributed by atoms with van der Waals surface area (Å²) in [5.41, 5.74) is 0. The molecule has 1 rings (SSSR count). The molecule has 0 saturated heterocycles. The zero-order chi connectivity index (χ0) is 8.43. The average molecular weight is 154 g/mol. The normalized spacial score (nSPS) is 9.64. The van der Waals surface area contributed by atoms with Crippen LogP contribution >= 0.6 is 0 Å². The smallest absolute Gasteiger partial charge is 0.322 e.